The highest BCUT2D eigenvalue weighted by atomic mass is 35.5. The lowest BCUT2D eigenvalue weighted by Crippen LogP contribution is -1.98. The Labute approximate surface area is 102 Å². The average Bonchev–Trinajstić information content (AvgIpc) is 2.64. The summed E-state index contributed by atoms with van der Waals surface area (Å²) in [5.74, 6) is 0. The van der Waals surface area contributed by atoms with Gasteiger partial charge in [0.2, 0.25) is 0 Å². The normalized spacial score (nSPS) is 12.7. The van der Waals surface area contributed by atoms with Gasteiger partial charge in [-0.15, -0.1) is 11.3 Å². The van der Waals surface area contributed by atoms with Crippen molar-refractivity contribution >= 4 is 34.5 Å². The number of rotatable bonds is 2. The number of hydrogen-bond acceptors (Lipinski definition) is 2. The predicted octanol–water partition coefficient (Wildman–Crippen LogP) is 4.14. The molecule has 0 saturated carbocycles. The summed E-state index contributed by atoms with van der Waals surface area (Å²) in [6.45, 7) is 0. The molecule has 0 spiro atoms. The molecule has 0 aliphatic heterocycles. The summed E-state index contributed by atoms with van der Waals surface area (Å²) in [5, 5.41) is 13.1. The van der Waals surface area contributed by atoms with Crippen molar-refractivity contribution in [1.82, 2.24) is 0 Å². The summed E-state index contributed by atoms with van der Waals surface area (Å²) in [4.78, 5) is 0.727. The second kappa shape index (κ2) is 4.54. The maximum absolute atomic E-state index is 10.1. The fraction of sp³-hybridized carbons (Fsp3) is 0.0909. The lowest BCUT2D eigenvalue weighted by molar-refractivity contribution is 0.224. The smallest absolute Gasteiger partial charge is 0.116 e. The van der Waals surface area contributed by atoms with Crippen molar-refractivity contribution in [3.8, 4) is 0 Å². The molecule has 1 heterocycles. The first kappa shape index (κ1) is 11.0. The van der Waals surface area contributed by atoms with E-state index in [4.69, 9.17) is 23.2 Å². The summed E-state index contributed by atoms with van der Waals surface area (Å²) in [5.41, 5.74) is 0.684. The maximum atomic E-state index is 10.1. The molecule has 0 aliphatic rings. The third-order valence-electron chi connectivity index (χ3n) is 2.09. The van der Waals surface area contributed by atoms with Crippen LogP contribution in [0.5, 0.6) is 0 Å². The fourth-order valence-corrected chi connectivity index (χ4v) is 2.74. The van der Waals surface area contributed by atoms with Gasteiger partial charge in [0.15, 0.2) is 0 Å². The molecule has 0 bridgehead atoms. The number of aliphatic hydroxyl groups excluding tert-OH is 1. The van der Waals surface area contributed by atoms with Gasteiger partial charge in [0.05, 0.1) is 9.90 Å². The molecular formula is C11H8Cl2OS. The highest BCUT2D eigenvalue weighted by Crippen LogP contribution is 2.35. The molecule has 15 heavy (non-hydrogen) atoms. The number of benzene rings is 1. The topological polar surface area (TPSA) is 20.2 Å². The summed E-state index contributed by atoms with van der Waals surface area (Å²) < 4.78 is 0. The SMILES string of the molecule is OC(c1ccccc1Cl)c1sccc1Cl. The third kappa shape index (κ3) is 2.18. The van der Waals surface area contributed by atoms with Crippen molar-refractivity contribution < 1.29 is 5.11 Å². The molecule has 1 nitrogen and oxygen atoms in total. The molecule has 0 saturated heterocycles. The van der Waals surface area contributed by atoms with Crippen LogP contribution in [0, 0.1) is 0 Å². The van der Waals surface area contributed by atoms with Crippen molar-refractivity contribution in [1.29, 1.82) is 0 Å². The molecule has 2 rings (SSSR count). The molecule has 0 aliphatic carbocycles. The van der Waals surface area contributed by atoms with Gasteiger partial charge in [-0.3, -0.25) is 0 Å². The van der Waals surface area contributed by atoms with Gasteiger partial charge in [-0.1, -0.05) is 41.4 Å². The summed E-state index contributed by atoms with van der Waals surface area (Å²) in [6.07, 6.45) is -0.744. The van der Waals surface area contributed by atoms with Crippen molar-refractivity contribution in [3.05, 3.63) is 56.2 Å². The second-order valence-corrected chi connectivity index (χ2v) is 4.82. The van der Waals surface area contributed by atoms with Gasteiger partial charge < -0.3 is 5.11 Å². The van der Waals surface area contributed by atoms with Crippen LogP contribution in [-0.2, 0) is 0 Å². The maximum Gasteiger partial charge on any atom is 0.116 e. The van der Waals surface area contributed by atoms with Crippen molar-refractivity contribution in [3.63, 3.8) is 0 Å². The van der Waals surface area contributed by atoms with Crippen molar-refractivity contribution in [2.45, 2.75) is 6.10 Å². The second-order valence-electron chi connectivity index (χ2n) is 3.06. The van der Waals surface area contributed by atoms with Gasteiger partial charge in [0.1, 0.15) is 6.10 Å². The summed E-state index contributed by atoms with van der Waals surface area (Å²) in [7, 11) is 0. The number of aliphatic hydroxyl groups is 1. The number of halogens is 2. The molecular weight excluding hydrogens is 251 g/mol. The largest absolute Gasteiger partial charge is 0.383 e. The highest BCUT2D eigenvalue weighted by molar-refractivity contribution is 7.10. The van der Waals surface area contributed by atoms with Crippen LogP contribution in [0.3, 0.4) is 0 Å². The van der Waals surface area contributed by atoms with E-state index in [0.717, 1.165) is 4.88 Å². The first-order chi connectivity index (χ1) is 7.20. The van der Waals surface area contributed by atoms with Gasteiger partial charge in [-0.2, -0.15) is 0 Å². The Bertz CT molecular complexity index is 467. The zero-order chi connectivity index (χ0) is 10.8. The van der Waals surface area contributed by atoms with Crippen LogP contribution in [-0.4, -0.2) is 5.11 Å². The minimum atomic E-state index is -0.744. The molecule has 2 aromatic rings. The lowest BCUT2D eigenvalue weighted by Gasteiger charge is -2.11. The molecule has 0 amide bonds. The van der Waals surface area contributed by atoms with Gasteiger partial charge in [0, 0.05) is 10.6 Å². The monoisotopic (exact) mass is 258 g/mol. The zero-order valence-corrected chi connectivity index (χ0v) is 9.98. The molecule has 1 aromatic carbocycles. The zero-order valence-electron chi connectivity index (χ0n) is 7.65. The van der Waals surface area contributed by atoms with Crippen LogP contribution in [0.25, 0.3) is 0 Å². The molecule has 78 valence electrons. The van der Waals surface area contributed by atoms with Gasteiger partial charge in [0.25, 0.3) is 0 Å². The number of thiophene rings is 1. The van der Waals surface area contributed by atoms with E-state index >= 15 is 0 Å². The minimum Gasteiger partial charge on any atom is -0.383 e. The Morgan fingerprint density at radius 2 is 1.80 bits per heavy atom. The minimum absolute atomic E-state index is 0.550. The molecule has 4 heteroatoms. The Kier molecular flexibility index (Phi) is 3.32. The molecule has 1 unspecified atom stereocenters. The Morgan fingerprint density at radius 1 is 1.07 bits per heavy atom. The van der Waals surface area contributed by atoms with Crippen molar-refractivity contribution in [2.75, 3.05) is 0 Å². The molecule has 0 radical (unpaired) electrons. The van der Waals surface area contributed by atoms with E-state index in [2.05, 4.69) is 0 Å². The summed E-state index contributed by atoms with van der Waals surface area (Å²) in [6, 6.07) is 8.98. The third-order valence-corrected chi connectivity index (χ3v) is 3.85. The van der Waals surface area contributed by atoms with E-state index in [1.54, 1.807) is 18.2 Å². The average molecular weight is 259 g/mol. The van der Waals surface area contributed by atoms with E-state index in [9.17, 15) is 5.11 Å². The lowest BCUT2D eigenvalue weighted by atomic mass is 10.1. The quantitative estimate of drug-likeness (QED) is 0.859. The number of hydrogen-bond donors (Lipinski definition) is 1. The van der Waals surface area contributed by atoms with Gasteiger partial charge in [-0.05, 0) is 17.5 Å². The van der Waals surface area contributed by atoms with Gasteiger partial charge in [-0.25, -0.2) is 0 Å². The van der Waals surface area contributed by atoms with E-state index < -0.39 is 6.10 Å². The van der Waals surface area contributed by atoms with E-state index in [1.165, 1.54) is 11.3 Å². The summed E-state index contributed by atoms with van der Waals surface area (Å²) >= 11 is 13.4. The first-order valence-electron chi connectivity index (χ1n) is 4.35. The molecule has 1 N–H and O–H groups in total. The Morgan fingerprint density at radius 3 is 2.40 bits per heavy atom. The van der Waals surface area contributed by atoms with Crippen LogP contribution < -0.4 is 0 Å². The predicted molar refractivity (Wildman–Crippen MR) is 64.8 cm³/mol. The Balaban J connectivity index is 2.41. The van der Waals surface area contributed by atoms with E-state index in [0.29, 0.717) is 15.6 Å². The van der Waals surface area contributed by atoms with Gasteiger partial charge >= 0.3 is 0 Å². The van der Waals surface area contributed by atoms with Crippen molar-refractivity contribution in [2.24, 2.45) is 0 Å². The van der Waals surface area contributed by atoms with E-state index in [-0.39, 0.29) is 0 Å². The van der Waals surface area contributed by atoms with Crippen LogP contribution in [0.2, 0.25) is 10.0 Å². The molecule has 0 fully saturated rings. The van der Waals surface area contributed by atoms with Crippen LogP contribution in [0.1, 0.15) is 16.5 Å². The van der Waals surface area contributed by atoms with Crippen LogP contribution in [0.15, 0.2) is 35.7 Å². The molecule has 1 aromatic heterocycles. The van der Waals surface area contributed by atoms with E-state index in [1.807, 2.05) is 17.5 Å². The highest BCUT2D eigenvalue weighted by Gasteiger charge is 2.17. The first-order valence-corrected chi connectivity index (χ1v) is 5.99. The standard InChI is InChI=1S/C11H8Cl2OS/c12-8-4-2-1-3-7(8)10(14)11-9(13)5-6-15-11/h1-6,10,14H. The molecule has 1 atom stereocenters. The Hall–Kier alpha value is -0.540. The van der Waals surface area contributed by atoms with Crippen LogP contribution >= 0.6 is 34.5 Å². The fourth-order valence-electron chi connectivity index (χ4n) is 1.34. The van der Waals surface area contributed by atoms with Crippen LogP contribution in [0.4, 0.5) is 0 Å².